The molecule has 0 aliphatic rings. The van der Waals surface area contributed by atoms with Crippen LogP contribution in [0, 0.1) is 19.7 Å². The van der Waals surface area contributed by atoms with Gasteiger partial charge in [-0.25, -0.2) is 4.39 Å². The lowest BCUT2D eigenvalue weighted by molar-refractivity contribution is -0.116. The van der Waals surface area contributed by atoms with Crippen molar-refractivity contribution in [1.82, 2.24) is 9.78 Å². The Morgan fingerprint density at radius 3 is 2.75 bits per heavy atom. The number of halogens is 2. The molecule has 2 aromatic rings. The predicted molar refractivity (Wildman–Crippen MR) is 78.8 cm³/mol. The molecule has 1 amide bonds. The molecule has 20 heavy (non-hydrogen) atoms. The molecule has 0 radical (unpaired) electrons. The Morgan fingerprint density at radius 1 is 1.50 bits per heavy atom. The van der Waals surface area contributed by atoms with E-state index >= 15 is 0 Å². The molecule has 0 saturated heterocycles. The van der Waals surface area contributed by atoms with Crippen molar-refractivity contribution < 1.29 is 9.18 Å². The quantitative estimate of drug-likeness (QED) is 0.843. The average Bonchev–Trinajstić information content (AvgIpc) is 2.61. The number of anilines is 2. The highest BCUT2D eigenvalue weighted by Gasteiger charge is 2.12. The lowest BCUT2D eigenvalue weighted by Gasteiger charge is -2.07. The molecule has 0 atom stereocenters. The van der Waals surface area contributed by atoms with E-state index in [0.29, 0.717) is 5.69 Å². The van der Waals surface area contributed by atoms with Gasteiger partial charge < -0.3 is 11.1 Å². The summed E-state index contributed by atoms with van der Waals surface area (Å²) < 4.78 is 15.5. The van der Waals surface area contributed by atoms with E-state index in [1.54, 1.807) is 4.68 Å². The third-order valence-electron chi connectivity index (χ3n) is 2.87. The molecule has 0 fully saturated rings. The molecule has 1 aromatic carbocycles. The second-order valence-corrected chi connectivity index (χ2v) is 5.22. The minimum Gasteiger partial charge on any atom is -0.396 e. The molecular formula is C13H14BrFN4O. The molecule has 0 unspecified atom stereocenters. The Balaban J connectivity index is 2.09. The summed E-state index contributed by atoms with van der Waals surface area (Å²) in [6.45, 7) is 3.80. The van der Waals surface area contributed by atoms with Gasteiger partial charge in [-0.2, -0.15) is 5.10 Å². The summed E-state index contributed by atoms with van der Waals surface area (Å²) in [6, 6.07) is 4.05. The fraction of sp³-hybridized carbons (Fsp3) is 0.231. The van der Waals surface area contributed by atoms with Gasteiger partial charge in [0.2, 0.25) is 5.91 Å². The number of hydrogen-bond acceptors (Lipinski definition) is 3. The predicted octanol–water partition coefficient (Wildman–Crippen LogP) is 2.62. The Labute approximate surface area is 124 Å². The summed E-state index contributed by atoms with van der Waals surface area (Å²) in [7, 11) is 0. The zero-order valence-electron chi connectivity index (χ0n) is 11.1. The van der Waals surface area contributed by atoms with E-state index in [4.69, 9.17) is 5.73 Å². The van der Waals surface area contributed by atoms with Gasteiger partial charge in [-0.05, 0) is 48.0 Å². The Bertz CT molecular complexity index is 669. The molecule has 106 valence electrons. The number of hydrogen-bond donors (Lipinski definition) is 2. The smallest absolute Gasteiger partial charge is 0.246 e. The third-order valence-corrected chi connectivity index (χ3v) is 4.01. The second-order valence-electron chi connectivity index (χ2n) is 4.43. The van der Waals surface area contributed by atoms with Crippen LogP contribution in [0.4, 0.5) is 15.8 Å². The number of nitrogens with two attached hydrogens (primary N) is 1. The van der Waals surface area contributed by atoms with E-state index < -0.39 is 5.82 Å². The standard InChI is InChI=1S/C13H14BrFN4O/c1-7-13(14)8(2)19(18-7)6-12(20)17-9-3-4-10(15)11(16)5-9/h3-5H,6,16H2,1-2H3,(H,17,20). The summed E-state index contributed by atoms with van der Waals surface area (Å²) in [5.74, 6) is -0.764. The maximum atomic E-state index is 13.0. The molecule has 2 rings (SSSR count). The van der Waals surface area contributed by atoms with Crippen LogP contribution < -0.4 is 11.1 Å². The first-order valence-electron chi connectivity index (χ1n) is 5.93. The summed E-state index contributed by atoms with van der Waals surface area (Å²) in [4.78, 5) is 11.9. The summed E-state index contributed by atoms with van der Waals surface area (Å²) in [6.07, 6.45) is 0. The van der Waals surface area contributed by atoms with E-state index in [2.05, 4.69) is 26.3 Å². The Hall–Kier alpha value is -1.89. The number of nitrogens with one attached hydrogen (secondary N) is 1. The molecule has 5 nitrogen and oxygen atoms in total. The van der Waals surface area contributed by atoms with E-state index in [1.807, 2.05) is 13.8 Å². The third kappa shape index (κ3) is 2.98. The molecule has 0 aliphatic heterocycles. The highest BCUT2D eigenvalue weighted by molar-refractivity contribution is 9.10. The highest BCUT2D eigenvalue weighted by atomic mass is 79.9. The van der Waals surface area contributed by atoms with Crippen molar-refractivity contribution >= 4 is 33.2 Å². The Morgan fingerprint density at radius 2 is 2.20 bits per heavy atom. The average molecular weight is 341 g/mol. The van der Waals surface area contributed by atoms with E-state index in [9.17, 15) is 9.18 Å². The van der Waals surface area contributed by atoms with Crippen LogP contribution in [0.3, 0.4) is 0 Å². The summed E-state index contributed by atoms with van der Waals surface area (Å²) in [5, 5.41) is 6.90. The lowest BCUT2D eigenvalue weighted by Crippen LogP contribution is -2.20. The summed E-state index contributed by atoms with van der Waals surface area (Å²) in [5.41, 5.74) is 7.59. The molecule has 3 N–H and O–H groups in total. The van der Waals surface area contributed by atoms with E-state index in [1.165, 1.54) is 18.2 Å². The monoisotopic (exact) mass is 340 g/mol. The Kier molecular flexibility index (Phi) is 4.08. The van der Waals surface area contributed by atoms with Crippen molar-refractivity contribution in [2.45, 2.75) is 20.4 Å². The largest absolute Gasteiger partial charge is 0.396 e. The number of aryl methyl sites for hydroxylation is 1. The van der Waals surface area contributed by atoms with Crippen LogP contribution in [0.2, 0.25) is 0 Å². The molecule has 0 bridgehead atoms. The van der Waals surface area contributed by atoms with Crippen LogP contribution in [-0.2, 0) is 11.3 Å². The maximum absolute atomic E-state index is 13.0. The van der Waals surface area contributed by atoms with Gasteiger partial charge in [-0.15, -0.1) is 0 Å². The van der Waals surface area contributed by atoms with Crippen molar-refractivity contribution in [1.29, 1.82) is 0 Å². The first-order chi connectivity index (χ1) is 9.38. The number of nitrogens with zero attached hydrogens (tertiary/aromatic N) is 2. The van der Waals surface area contributed by atoms with Gasteiger partial charge in [0.1, 0.15) is 12.4 Å². The van der Waals surface area contributed by atoms with Crippen LogP contribution >= 0.6 is 15.9 Å². The minimum absolute atomic E-state index is 0.00309. The molecule has 0 aliphatic carbocycles. The molecule has 7 heteroatoms. The first-order valence-corrected chi connectivity index (χ1v) is 6.72. The zero-order chi connectivity index (χ0) is 14.9. The molecule has 0 saturated carbocycles. The normalized spacial score (nSPS) is 10.6. The van der Waals surface area contributed by atoms with Gasteiger partial charge in [0.15, 0.2) is 0 Å². The van der Waals surface area contributed by atoms with Crippen molar-refractivity contribution in [3.8, 4) is 0 Å². The number of nitrogen functional groups attached to an aromatic ring is 1. The molecule has 1 heterocycles. The summed E-state index contributed by atoms with van der Waals surface area (Å²) >= 11 is 3.40. The van der Waals surface area contributed by atoms with Crippen molar-refractivity contribution in [3.05, 3.63) is 39.9 Å². The number of carbonyl (C=O) groups is 1. The van der Waals surface area contributed by atoms with Crippen LogP contribution in [0.5, 0.6) is 0 Å². The zero-order valence-corrected chi connectivity index (χ0v) is 12.7. The fourth-order valence-electron chi connectivity index (χ4n) is 1.79. The van der Waals surface area contributed by atoms with E-state index in [0.717, 1.165) is 15.9 Å². The highest BCUT2D eigenvalue weighted by Crippen LogP contribution is 2.20. The minimum atomic E-state index is -0.509. The van der Waals surface area contributed by atoms with Gasteiger partial charge >= 0.3 is 0 Å². The van der Waals surface area contributed by atoms with Gasteiger partial charge in [-0.3, -0.25) is 9.48 Å². The number of carbonyl (C=O) groups excluding carboxylic acids is 1. The van der Waals surface area contributed by atoms with Gasteiger partial charge in [0.25, 0.3) is 0 Å². The van der Waals surface area contributed by atoms with Gasteiger partial charge in [0.05, 0.1) is 21.5 Å². The number of aromatic nitrogens is 2. The number of rotatable bonds is 3. The van der Waals surface area contributed by atoms with Gasteiger partial charge in [-0.1, -0.05) is 0 Å². The van der Waals surface area contributed by atoms with Crippen molar-refractivity contribution in [3.63, 3.8) is 0 Å². The first kappa shape index (κ1) is 14.5. The topological polar surface area (TPSA) is 72.9 Å². The number of benzene rings is 1. The lowest BCUT2D eigenvalue weighted by atomic mass is 10.2. The van der Waals surface area contributed by atoms with Crippen LogP contribution in [-0.4, -0.2) is 15.7 Å². The second kappa shape index (κ2) is 5.62. The number of amides is 1. The molecule has 0 spiro atoms. The van der Waals surface area contributed by atoms with Crippen molar-refractivity contribution in [2.75, 3.05) is 11.1 Å². The maximum Gasteiger partial charge on any atom is 0.246 e. The molecule has 1 aromatic heterocycles. The van der Waals surface area contributed by atoms with E-state index in [-0.39, 0.29) is 18.1 Å². The van der Waals surface area contributed by atoms with Crippen LogP contribution in [0.25, 0.3) is 0 Å². The van der Waals surface area contributed by atoms with Crippen LogP contribution in [0.1, 0.15) is 11.4 Å². The van der Waals surface area contributed by atoms with Crippen LogP contribution in [0.15, 0.2) is 22.7 Å². The fourth-order valence-corrected chi connectivity index (χ4v) is 2.07. The SMILES string of the molecule is Cc1nn(CC(=O)Nc2ccc(F)c(N)c2)c(C)c1Br. The van der Waals surface area contributed by atoms with Crippen molar-refractivity contribution in [2.24, 2.45) is 0 Å². The van der Waals surface area contributed by atoms with Gasteiger partial charge in [0, 0.05) is 5.69 Å². The molecular weight excluding hydrogens is 327 g/mol.